The van der Waals surface area contributed by atoms with Crippen LogP contribution in [0.25, 0.3) is 0 Å². The Bertz CT molecular complexity index is 443. The normalized spacial score (nSPS) is 18.9. The Kier molecular flexibility index (Phi) is 4.34. The molecule has 0 amide bonds. The SMILES string of the molecule is CNc1nc(C2(OC)CCCCCC2)nc(C)c1F. The van der Waals surface area contributed by atoms with Crippen molar-refractivity contribution >= 4 is 5.82 Å². The molecule has 1 aromatic heterocycles. The van der Waals surface area contributed by atoms with Gasteiger partial charge in [-0.2, -0.15) is 0 Å². The van der Waals surface area contributed by atoms with Crippen LogP contribution >= 0.6 is 0 Å². The van der Waals surface area contributed by atoms with E-state index in [1.165, 1.54) is 12.8 Å². The third-order valence-corrected chi connectivity index (χ3v) is 3.96. The van der Waals surface area contributed by atoms with Crippen molar-refractivity contribution in [3.63, 3.8) is 0 Å². The number of ether oxygens (including phenoxy) is 1. The molecular weight excluding hydrogens is 245 g/mol. The van der Waals surface area contributed by atoms with E-state index in [4.69, 9.17) is 4.74 Å². The van der Waals surface area contributed by atoms with E-state index in [9.17, 15) is 4.39 Å². The van der Waals surface area contributed by atoms with Gasteiger partial charge in [0.05, 0.1) is 5.69 Å². The van der Waals surface area contributed by atoms with Gasteiger partial charge in [-0.3, -0.25) is 0 Å². The molecule has 19 heavy (non-hydrogen) atoms. The molecule has 0 bridgehead atoms. The fourth-order valence-electron chi connectivity index (χ4n) is 2.75. The van der Waals surface area contributed by atoms with Gasteiger partial charge in [0, 0.05) is 14.2 Å². The van der Waals surface area contributed by atoms with E-state index in [2.05, 4.69) is 15.3 Å². The number of methoxy groups -OCH3 is 1. The van der Waals surface area contributed by atoms with Crippen LogP contribution in [0.2, 0.25) is 0 Å². The van der Waals surface area contributed by atoms with Gasteiger partial charge in [0.1, 0.15) is 5.60 Å². The summed E-state index contributed by atoms with van der Waals surface area (Å²) in [4.78, 5) is 8.68. The minimum atomic E-state index is -0.458. The summed E-state index contributed by atoms with van der Waals surface area (Å²) in [6, 6.07) is 0. The average Bonchev–Trinajstić information content (AvgIpc) is 2.68. The van der Waals surface area contributed by atoms with Gasteiger partial charge in [-0.1, -0.05) is 25.7 Å². The molecule has 0 aromatic carbocycles. The van der Waals surface area contributed by atoms with Crippen molar-refractivity contribution in [2.75, 3.05) is 19.5 Å². The van der Waals surface area contributed by atoms with Crippen molar-refractivity contribution in [1.82, 2.24) is 9.97 Å². The number of rotatable bonds is 3. The summed E-state index contributed by atoms with van der Waals surface area (Å²) in [6.07, 6.45) is 6.43. The number of aromatic nitrogens is 2. The zero-order valence-electron chi connectivity index (χ0n) is 11.9. The Morgan fingerprint density at radius 3 is 2.32 bits per heavy atom. The van der Waals surface area contributed by atoms with Crippen LogP contribution in [0.4, 0.5) is 10.2 Å². The minimum Gasteiger partial charge on any atom is -0.371 e. The van der Waals surface area contributed by atoms with Crippen molar-refractivity contribution in [2.45, 2.75) is 51.0 Å². The number of halogens is 1. The first kappa shape index (κ1) is 14.2. The number of nitrogens with one attached hydrogen (secondary N) is 1. The van der Waals surface area contributed by atoms with Crippen molar-refractivity contribution in [3.8, 4) is 0 Å². The maximum atomic E-state index is 13.8. The van der Waals surface area contributed by atoms with E-state index >= 15 is 0 Å². The first-order valence-corrected chi connectivity index (χ1v) is 6.90. The number of aryl methyl sites for hydroxylation is 1. The van der Waals surface area contributed by atoms with Crippen LogP contribution in [-0.2, 0) is 10.3 Å². The van der Waals surface area contributed by atoms with Gasteiger partial charge in [-0.15, -0.1) is 0 Å². The highest BCUT2D eigenvalue weighted by molar-refractivity contribution is 5.38. The van der Waals surface area contributed by atoms with E-state index in [1.807, 2.05) is 0 Å². The van der Waals surface area contributed by atoms with Gasteiger partial charge >= 0.3 is 0 Å². The Labute approximate surface area is 113 Å². The Morgan fingerprint density at radius 1 is 1.16 bits per heavy atom. The second-order valence-corrected chi connectivity index (χ2v) is 5.16. The fourth-order valence-corrected chi connectivity index (χ4v) is 2.75. The molecule has 1 saturated carbocycles. The number of nitrogens with zero attached hydrogens (tertiary/aromatic N) is 2. The van der Waals surface area contributed by atoms with Gasteiger partial charge in [-0.05, 0) is 19.8 Å². The van der Waals surface area contributed by atoms with E-state index in [-0.39, 0.29) is 11.6 Å². The lowest BCUT2D eigenvalue weighted by Gasteiger charge is -2.30. The van der Waals surface area contributed by atoms with Crippen molar-refractivity contribution in [1.29, 1.82) is 0 Å². The summed E-state index contributed by atoms with van der Waals surface area (Å²) in [5.41, 5.74) is -0.0874. The molecule has 1 fully saturated rings. The van der Waals surface area contributed by atoms with E-state index in [0.717, 1.165) is 25.7 Å². The zero-order valence-corrected chi connectivity index (χ0v) is 11.9. The summed E-state index contributed by atoms with van der Waals surface area (Å²) in [7, 11) is 3.37. The van der Waals surface area contributed by atoms with Crippen LogP contribution in [0.3, 0.4) is 0 Å². The molecule has 0 spiro atoms. The molecule has 1 aliphatic rings. The summed E-state index contributed by atoms with van der Waals surface area (Å²) in [6.45, 7) is 1.67. The Hall–Kier alpha value is -1.23. The number of hydrogen-bond acceptors (Lipinski definition) is 4. The smallest absolute Gasteiger partial charge is 0.186 e. The van der Waals surface area contributed by atoms with Crippen LogP contribution in [0.1, 0.15) is 50.0 Å². The van der Waals surface area contributed by atoms with Crippen molar-refractivity contribution in [3.05, 3.63) is 17.3 Å². The van der Waals surface area contributed by atoms with Gasteiger partial charge < -0.3 is 10.1 Å². The molecule has 106 valence electrons. The van der Waals surface area contributed by atoms with E-state index < -0.39 is 5.60 Å². The molecule has 5 heteroatoms. The van der Waals surface area contributed by atoms with Gasteiger partial charge in [0.15, 0.2) is 17.5 Å². The van der Waals surface area contributed by atoms with E-state index in [1.54, 1.807) is 21.1 Å². The maximum Gasteiger partial charge on any atom is 0.186 e. The van der Waals surface area contributed by atoms with Crippen molar-refractivity contribution < 1.29 is 9.13 Å². The first-order valence-electron chi connectivity index (χ1n) is 6.90. The molecule has 1 N–H and O–H groups in total. The molecule has 0 aliphatic heterocycles. The monoisotopic (exact) mass is 267 g/mol. The molecule has 1 aromatic rings. The molecule has 0 unspecified atom stereocenters. The maximum absolute atomic E-state index is 13.8. The van der Waals surface area contributed by atoms with Gasteiger partial charge in [-0.25, -0.2) is 14.4 Å². The van der Waals surface area contributed by atoms with Crippen LogP contribution in [0, 0.1) is 12.7 Å². The minimum absolute atomic E-state index is 0.253. The van der Waals surface area contributed by atoms with Gasteiger partial charge in [0.2, 0.25) is 0 Å². The highest BCUT2D eigenvalue weighted by Gasteiger charge is 2.36. The van der Waals surface area contributed by atoms with Crippen LogP contribution in [0.5, 0.6) is 0 Å². The molecule has 2 rings (SSSR count). The summed E-state index contributed by atoms with van der Waals surface area (Å²) >= 11 is 0. The molecule has 4 nitrogen and oxygen atoms in total. The predicted molar refractivity (Wildman–Crippen MR) is 72.7 cm³/mol. The molecule has 0 atom stereocenters. The van der Waals surface area contributed by atoms with E-state index in [0.29, 0.717) is 11.5 Å². The third kappa shape index (κ3) is 2.71. The number of hydrogen-bond donors (Lipinski definition) is 1. The topological polar surface area (TPSA) is 47.0 Å². The van der Waals surface area contributed by atoms with Crippen LogP contribution in [-0.4, -0.2) is 24.1 Å². The second kappa shape index (κ2) is 5.82. The van der Waals surface area contributed by atoms with Crippen LogP contribution in [0.15, 0.2) is 0 Å². The molecular formula is C14H22FN3O. The summed E-state index contributed by atoms with van der Waals surface area (Å²) in [5.74, 6) is 0.481. The van der Waals surface area contributed by atoms with Gasteiger partial charge in [0.25, 0.3) is 0 Å². The lowest BCUT2D eigenvalue weighted by Crippen LogP contribution is -2.31. The average molecular weight is 267 g/mol. The number of anilines is 1. The molecule has 1 aliphatic carbocycles. The van der Waals surface area contributed by atoms with Crippen LogP contribution < -0.4 is 5.32 Å². The highest BCUT2D eigenvalue weighted by atomic mass is 19.1. The third-order valence-electron chi connectivity index (χ3n) is 3.96. The lowest BCUT2D eigenvalue weighted by atomic mass is 9.93. The Balaban J connectivity index is 2.45. The molecule has 1 heterocycles. The molecule has 0 radical (unpaired) electrons. The summed E-state index contributed by atoms with van der Waals surface area (Å²) < 4.78 is 19.6. The van der Waals surface area contributed by atoms with Crippen molar-refractivity contribution in [2.24, 2.45) is 0 Å². The predicted octanol–water partition coefficient (Wildman–Crippen LogP) is 3.16. The zero-order chi connectivity index (χ0) is 13.9. The molecule has 0 saturated heterocycles. The summed E-state index contributed by atoms with van der Waals surface area (Å²) in [5, 5.41) is 2.79. The Morgan fingerprint density at radius 2 is 1.79 bits per heavy atom. The lowest BCUT2D eigenvalue weighted by molar-refractivity contribution is -0.0352. The first-order chi connectivity index (χ1) is 9.13. The fraction of sp³-hybridized carbons (Fsp3) is 0.714. The highest BCUT2D eigenvalue weighted by Crippen LogP contribution is 2.38. The standard InChI is InChI=1S/C14H22FN3O/c1-10-11(15)12(16-2)18-13(17-10)14(19-3)8-6-4-5-7-9-14/h4-9H2,1-3H3,(H,16,17,18). The second-order valence-electron chi connectivity index (χ2n) is 5.16. The largest absolute Gasteiger partial charge is 0.371 e. The quantitative estimate of drug-likeness (QED) is 0.855.